The van der Waals surface area contributed by atoms with Crippen molar-refractivity contribution in [2.75, 3.05) is 0 Å². The highest BCUT2D eigenvalue weighted by Crippen LogP contribution is 2.36. The fourth-order valence-corrected chi connectivity index (χ4v) is 4.53. The van der Waals surface area contributed by atoms with Crippen molar-refractivity contribution in [1.82, 2.24) is 0 Å². The van der Waals surface area contributed by atoms with Gasteiger partial charge in [0.25, 0.3) is 0 Å². The van der Waals surface area contributed by atoms with E-state index in [1.54, 1.807) is 0 Å². The molecule has 0 aromatic rings. The summed E-state index contributed by atoms with van der Waals surface area (Å²) in [6, 6.07) is 0. The van der Waals surface area contributed by atoms with E-state index in [9.17, 15) is 5.11 Å². The van der Waals surface area contributed by atoms with E-state index in [4.69, 9.17) is 0 Å². The van der Waals surface area contributed by atoms with Crippen molar-refractivity contribution < 1.29 is 5.11 Å². The first-order valence-corrected chi connectivity index (χ1v) is 11.0. The molecule has 5 atom stereocenters. The van der Waals surface area contributed by atoms with Crippen molar-refractivity contribution in [3.8, 4) is 0 Å². The van der Waals surface area contributed by atoms with Crippen LogP contribution in [0.1, 0.15) is 86.5 Å². The van der Waals surface area contributed by atoms with Gasteiger partial charge >= 0.3 is 0 Å². The molecule has 0 amide bonds. The lowest BCUT2D eigenvalue weighted by molar-refractivity contribution is 0.0706. The van der Waals surface area contributed by atoms with Gasteiger partial charge in [-0.25, -0.2) is 0 Å². The predicted octanol–water partition coefficient (Wildman–Crippen LogP) is 7.33. The fraction of sp³-hybridized carbons (Fsp3) is 0.760. The quantitative estimate of drug-likeness (QED) is 0.382. The summed E-state index contributed by atoms with van der Waals surface area (Å²) in [6.07, 6.45) is 19.2. The molecule has 1 nitrogen and oxygen atoms in total. The lowest BCUT2D eigenvalue weighted by Gasteiger charge is -2.34. The Hall–Kier alpha value is -0.820. The van der Waals surface area contributed by atoms with Crippen molar-refractivity contribution in [2.24, 2.45) is 29.6 Å². The first-order valence-electron chi connectivity index (χ1n) is 11.0. The fourth-order valence-electron chi connectivity index (χ4n) is 4.53. The molecule has 0 aromatic heterocycles. The highest BCUT2D eigenvalue weighted by molar-refractivity contribution is 5.09. The van der Waals surface area contributed by atoms with E-state index in [1.807, 2.05) is 0 Å². The normalized spacial score (nSPS) is 25.0. The van der Waals surface area contributed by atoms with Gasteiger partial charge in [-0.05, 0) is 76.0 Å². The van der Waals surface area contributed by atoms with E-state index in [0.29, 0.717) is 17.8 Å². The van der Waals surface area contributed by atoms with E-state index in [1.165, 1.54) is 24.8 Å². The first-order chi connectivity index (χ1) is 12.4. The van der Waals surface area contributed by atoms with Crippen LogP contribution in [0.3, 0.4) is 0 Å². The van der Waals surface area contributed by atoms with Crippen molar-refractivity contribution in [3.05, 3.63) is 36.0 Å². The van der Waals surface area contributed by atoms with Crippen molar-refractivity contribution in [3.63, 3.8) is 0 Å². The Morgan fingerprint density at radius 1 is 1.23 bits per heavy atom. The number of allylic oxidation sites excluding steroid dienone is 5. The summed E-state index contributed by atoms with van der Waals surface area (Å²) in [5.41, 5.74) is 1.40. The highest BCUT2D eigenvalue weighted by Gasteiger charge is 2.30. The van der Waals surface area contributed by atoms with Crippen LogP contribution in [0.2, 0.25) is 0 Å². The standard InChI is InChI=1S/C25H44O/c1-7-9-11-14-21(6)25(20(5)13-10-8-2)24(26)18-22-15-12-16-23(17-22)19(3)4/h7,9,12-13,15,19,21-26H,8,10-11,14,16-18H2,1-6H3/b9-7-,20-13+/t21?,22?,23?,24-,25?/m1/s1. The molecule has 26 heavy (non-hydrogen) atoms. The zero-order valence-electron chi connectivity index (χ0n) is 18.2. The summed E-state index contributed by atoms with van der Waals surface area (Å²) in [4.78, 5) is 0. The molecule has 0 heterocycles. The van der Waals surface area contributed by atoms with Crippen molar-refractivity contribution in [1.29, 1.82) is 0 Å². The van der Waals surface area contributed by atoms with Crippen LogP contribution in [-0.4, -0.2) is 11.2 Å². The number of unbranched alkanes of at least 4 members (excludes halogenated alkanes) is 1. The minimum atomic E-state index is -0.232. The number of rotatable bonds is 11. The maximum atomic E-state index is 11.2. The second-order valence-electron chi connectivity index (χ2n) is 8.85. The van der Waals surface area contributed by atoms with Gasteiger partial charge in [-0.15, -0.1) is 0 Å². The molecule has 0 aliphatic heterocycles. The molecule has 1 aliphatic rings. The molecular formula is C25H44O. The maximum absolute atomic E-state index is 11.2. The summed E-state index contributed by atoms with van der Waals surface area (Å²) < 4.78 is 0. The van der Waals surface area contributed by atoms with Crippen LogP contribution in [0.5, 0.6) is 0 Å². The summed E-state index contributed by atoms with van der Waals surface area (Å²) >= 11 is 0. The lowest BCUT2D eigenvalue weighted by Crippen LogP contribution is -2.31. The van der Waals surface area contributed by atoms with Crippen molar-refractivity contribution >= 4 is 0 Å². The second kappa shape index (κ2) is 12.5. The average Bonchev–Trinajstić information content (AvgIpc) is 2.60. The summed E-state index contributed by atoms with van der Waals surface area (Å²) in [7, 11) is 0. The Morgan fingerprint density at radius 3 is 2.58 bits per heavy atom. The molecule has 0 fully saturated rings. The predicted molar refractivity (Wildman–Crippen MR) is 116 cm³/mol. The van der Waals surface area contributed by atoms with E-state index in [-0.39, 0.29) is 6.10 Å². The molecule has 0 saturated carbocycles. The number of aliphatic hydroxyl groups is 1. The van der Waals surface area contributed by atoms with Gasteiger partial charge < -0.3 is 5.11 Å². The Morgan fingerprint density at radius 2 is 1.96 bits per heavy atom. The smallest absolute Gasteiger partial charge is 0.0613 e. The molecule has 0 radical (unpaired) electrons. The Balaban J connectivity index is 2.80. The van der Waals surface area contributed by atoms with E-state index < -0.39 is 0 Å². The minimum Gasteiger partial charge on any atom is -0.392 e. The number of hydrogen-bond acceptors (Lipinski definition) is 1. The van der Waals surface area contributed by atoms with Crippen LogP contribution >= 0.6 is 0 Å². The van der Waals surface area contributed by atoms with Gasteiger partial charge in [-0.3, -0.25) is 0 Å². The highest BCUT2D eigenvalue weighted by atomic mass is 16.3. The van der Waals surface area contributed by atoms with Crippen LogP contribution in [0.25, 0.3) is 0 Å². The molecule has 1 heteroatoms. The van der Waals surface area contributed by atoms with Crippen molar-refractivity contribution in [2.45, 2.75) is 92.6 Å². The minimum absolute atomic E-state index is 0.232. The molecular weight excluding hydrogens is 316 g/mol. The van der Waals surface area contributed by atoms with Crippen LogP contribution in [0, 0.1) is 29.6 Å². The topological polar surface area (TPSA) is 20.2 Å². The summed E-state index contributed by atoms with van der Waals surface area (Å²) in [6.45, 7) is 13.5. The SMILES string of the molecule is C/C=C\CCC(C)C(/C(C)=C/CCC)[C@H](O)CC1C=CCC(C(C)C)C1. The molecule has 4 unspecified atom stereocenters. The van der Waals surface area contributed by atoms with Gasteiger partial charge in [0.2, 0.25) is 0 Å². The van der Waals surface area contributed by atoms with Gasteiger partial charge in [0, 0.05) is 5.92 Å². The lowest BCUT2D eigenvalue weighted by atomic mass is 9.74. The molecule has 0 saturated heterocycles. The van der Waals surface area contributed by atoms with Gasteiger partial charge in [0.05, 0.1) is 6.10 Å². The molecule has 150 valence electrons. The average molecular weight is 361 g/mol. The second-order valence-corrected chi connectivity index (χ2v) is 8.85. The maximum Gasteiger partial charge on any atom is 0.0613 e. The van der Waals surface area contributed by atoms with Gasteiger partial charge in [-0.1, -0.05) is 70.1 Å². The summed E-state index contributed by atoms with van der Waals surface area (Å²) in [5.74, 6) is 2.86. The zero-order chi connectivity index (χ0) is 19.5. The largest absolute Gasteiger partial charge is 0.392 e. The monoisotopic (exact) mass is 360 g/mol. The van der Waals surface area contributed by atoms with E-state index >= 15 is 0 Å². The van der Waals surface area contributed by atoms with Gasteiger partial charge in [0.1, 0.15) is 0 Å². The van der Waals surface area contributed by atoms with Crippen LogP contribution in [0.15, 0.2) is 36.0 Å². The summed E-state index contributed by atoms with van der Waals surface area (Å²) in [5, 5.41) is 11.2. The molecule has 1 aliphatic carbocycles. The first kappa shape index (κ1) is 23.2. The molecule has 1 N–H and O–H groups in total. The van der Waals surface area contributed by atoms with E-state index in [0.717, 1.165) is 37.5 Å². The van der Waals surface area contributed by atoms with Gasteiger partial charge in [0.15, 0.2) is 0 Å². The third-order valence-electron chi connectivity index (χ3n) is 6.27. The molecule has 1 rings (SSSR count). The van der Waals surface area contributed by atoms with Crippen LogP contribution < -0.4 is 0 Å². The molecule has 0 bridgehead atoms. The number of hydrogen-bond donors (Lipinski definition) is 1. The Kier molecular flexibility index (Phi) is 11.2. The van der Waals surface area contributed by atoms with E-state index in [2.05, 4.69) is 71.9 Å². The Bertz CT molecular complexity index is 457. The van der Waals surface area contributed by atoms with Crippen LogP contribution in [-0.2, 0) is 0 Å². The third kappa shape index (κ3) is 7.82. The van der Waals surface area contributed by atoms with Gasteiger partial charge in [-0.2, -0.15) is 0 Å². The molecule has 0 spiro atoms. The molecule has 0 aromatic carbocycles. The van der Waals surface area contributed by atoms with Crippen LogP contribution in [0.4, 0.5) is 0 Å². The number of aliphatic hydroxyl groups excluding tert-OH is 1. The zero-order valence-corrected chi connectivity index (χ0v) is 18.2. The Labute approximate surface area is 163 Å². The third-order valence-corrected chi connectivity index (χ3v) is 6.27.